The maximum atomic E-state index is 13.5. The topological polar surface area (TPSA) is 12.0 Å². The minimum Gasteiger partial charge on any atom is -0.319 e. The van der Waals surface area contributed by atoms with Crippen LogP contribution >= 0.6 is 15.9 Å². The molecule has 0 aliphatic heterocycles. The number of rotatable bonds is 3. The molecule has 0 spiro atoms. The predicted molar refractivity (Wildman–Crippen MR) is 56.5 cm³/mol. The lowest BCUT2D eigenvalue weighted by atomic mass is 10.1. The van der Waals surface area contributed by atoms with E-state index in [9.17, 15) is 4.39 Å². The van der Waals surface area contributed by atoms with E-state index in [1.54, 1.807) is 13.0 Å². The smallest absolute Gasteiger partial charge is 0.129 e. The Morgan fingerprint density at radius 2 is 2.15 bits per heavy atom. The summed E-state index contributed by atoms with van der Waals surface area (Å²) in [6, 6.07) is 3.62. The summed E-state index contributed by atoms with van der Waals surface area (Å²) in [5, 5.41) is 3.00. The van der Waals surface area contributed by atoms with Gasteiger partial charge in [0.25, 0.3) is 0 Å². The molecule has 0 fully saturated rings. The van der Waals surface area contributed by atoms with Gasteiger partial charge >= 0.3 is 0 Å². The van der Waals surface area contributed by atoms with Gasteiger partial charge in [-0.05, 0) is 50.2 Å². The second-order valence-electron chi connectivity index (χ2n) is 3.05. The maximum absolute atomic E-state index is 13.5. The molecule has 0 aliphatic rings. The van der Waals surface area contributed by atoms with Gasteiger partial charge in [-0.25, -0.2) is 4.39 Å². The molecular weight excluding hydrogens is 233 g/mol. The van der Waals surface area contributed by atoms with E-state index in [2.05, 4.69) is 21.2 Å². The van der Waals surface area contributed by atoms with E-state index < -0.39 is 0 Å². The van der Waals surface area contributed by atoms with Gasteiger partial charge in [0.1, 0.15) is 5.82 Å². The Bertz CT molecular complexity index is 299. The van der Waals surface area contributed by atoms with Crippen LogP contribution in [-0.2, 0) is 6.42 Å². The van der Waals surface area contributed by atoms with Crippen LogP contribution < -0.4 is 5.32 Å². The quantitative estimate of drug-likeness (QED) is 0.864. The molecule has 13 heavy (non-hydrogen) atoms. The highest BCUT2D eigenvalue weighted by molar-refractivity contribution is 9.10. The van der Waals surface area contributed by atoms with Gasteiger partial charge < -0.3 is 5.32 Å². The van der Waals surface area contributed by atoms with Crippen LogP contribution in [-0.4, -0.2) is 13.6 Å². The van der Waals surface area contributed by atoms with E-state index in [0.29, 0.717) is 5.56 Å². The summed E-state index contributed by atoms with van der Waals surface area (Å²) in [5.41, 5.74) is 1.46. The molecule has 1 nitrogen and oxygen atoms in total. The number of likely N-dealkylation sites (N-methyl/N-ethyl adjacent to an activating group) is 1. The molecule has 0 heterocycles. The van der Waals surface area contributed by atoms with Crippen LogP contribution in [0, 0.1) is 12.7 Å². The fourth-order valence-corrected chi connectivity index (χ4v) is 1.86. The summed E-state index contributed by atoms with van der Waals surface area (Å²) in [6.45, 7) is 2.58. The van der Waals surface area contributed by atoms with E-state index in [1.165, 1.54) is 0 Å². The lowest BCUT2D eigenvalue weighted by Gasteiger charge is -2.06. The largest absolute Gasteiger partial charge is 0.319 e. The van der Waals surface area contributed by atoms with Crippen LogP contribution in [0.5, 0.6) is 0 Å². The minimum atomic E-state index is -0.0848. The van der Waals surface area contributed by atoms with E-state index in [0.717, 1.165) is 23.0 Å². The predicted octanol–water partition coefficient (Wildman–Crippen LogP) is 2.66. The Kier molecular flexibility index (Phi) is 3.88. The molecule has 0 saturated heterocycles. The first-order valence-electron chi connectivity index (χ1n) is 4.24. The molecule has 1 aromatic carbocycles. The Balaban J connectivity index is 2.92. The number of aryl methyl sites for hydroxylation is 1. The van der Waals surface area contributed by atoms with Crippen molar-refractivity contribution in [2.24, 2.45) is 0 Å². The van der Waals surface area contributed by atoms with Crippen molar-refractivity contribution < 1.29 is 4.39 Å². The standard InChI is InChI=1S/C10H13BrFN/c1-7-5-9(11)6-8(10(7)12)3-4-13-2/h5-6,13H,3-4H2,1-2H3. The van der Waals surface area contributed by atoms with E-state index in [4.69, 9.17) is 0 Å². The fourth-order valence-electron chi connectivity index (χ4n) is 1.24. The molecule has 1 aromatic rings. The molecule has 0 unspecified atom stereocenters. The van der Waals surface area contributed by atoms with E-state index >= 15 is 0 Å². The van der Waals surface area contributed by atoms with Gasteiger partial charge in [-0.3, -0.25) is 0 Å². The average Bonchev–Trinajstić information content (AvgIpc) is 2.09. The number of nitrogens with one attached hydrogen (secondary N) is 1. The molecule has 72 valence electrons. The van der Waals surface area contributed by atoms with Crippen molar-refractivity contribution in [3.63, 3.8) is 0 Å². The Morgan fingerprint density at radius 1 is 1.46 bits per heavy atom. The van der Waals surface area contributed by atoms with Crippen LogP contribution in [0.2, 0.25) is 0 Å². The van der Waals surface area contributed by atoms with Gasteiger partial charge in [0.05, 0.1) is 0 Å². The van der Waals surface area contributed by atoms with Crippen molar-refractivity contribution in [1.82, 2.24) is 5.32 Å². The van der Waals surface area contributed by atoms with E-state index in [-0.39, 0.29) is 5.82 Å². The third-order valence-electron chi connectivity index (χ3n) is 1.94. The van der Waals surface area contributed by atoms with Crippen molar-refractivity contribution in [3.8, 4) is 0 Å². The Hall–Kier alpha value is -0.410. The van der Waals surface area contributed by atoms with Crippen molar-refractivity contribution in [2.75, 3.05) is 13.6 Å². The number of hydrogen-bond donors (Lipinski definition) is 1. The van der Waals surface area contributed by atoms with Crippen LogP contribution in [0.4, 0.5) is 4.39 Å². The molecule has 1 N–H and O–H groups in total. The summed E-state index contributed by atoms with van der Waals surface area (Å²) in [5.74, 6) is -0.0848. The van der Waals surface area contributed by atoms with Gasteiger partial charge in [0.15, 0.2) is 0 Å². The first-order chi connectivity index (χ1) is 6.15. The normalized spacial score (nSPS) is 10.5. The van der Waals surface area contributed by atoms with Gasteiger partial charge in [0, 0.05) is 4.47 Å². The molecule has 0 saturated carbocycles. The second kappa shape index (κ2) is 4.72. The molecule has 3 heteroatoms. The third kappa shape index (κ3) is 2.78. The van der Waals surface area contributed by atoms with Gasteiger partial charge in [-0.2, -0.15) is 0 Å². The summed E-state index contributed by atoms with van der Waals surface area (Å²) in [6.07, 6.45) is 0.725. The van der Waals surface area contributed by atoms with Crippen LogP contribution in [0.15, 0.2) is 16.6 Å². The molecule has 0 bridgehead atoms. The Morgan fingerprint density at radius 3 is 2.77 bits per heavy atom. The number of hydrogen-bond acceptors (Lipinski definition) is 1. The molecule has 1 rings (SSSR count). The summed E-state index contributed by atoms with van der Waals surface area (Å²) < 4.78 is 14.4. The SMILES string of the molecule is CNCCc1cc(Br)cc(C)c1F. The third-order valence-corrected chi connectivity index (χ3v) is 2.40. The Labute approximate surface area is 86.5 Å². The summed E-state index contributed by atoms with van der Waals surface area (Å²) >= 11 is 3.35. The number of benzene rings is 1. The lowest BCUT2D eigenvalue weighted by Crippen LogP contribution is -2.11. The zero-order valence-electron chi connectivity index (χ0n) is 7.82. The highest BCUT2D eigenvalue weighted by Crippen LogP contribution is 2.19. The van der Waals surface area contributed by atoms with Crippen LogP contribution in [0.3, 0.4) is 0 Å². The molecule has 0 atom stereocenters. The van der Waals surface area contributed by atoms with E-state index in [1.807, 2.05) is 13.1 Å². The molecule has 0 amide bonds. The first-order valence-corrected chi connectivity index (χ1v) is 5.03. The zero-order valence-corrected chi connectivity index (χ0v) is 9.41. The first kappa shape index (κ1) is 10.7. The highest BCUT2D eigenvalue weighted by atomic mass is 79.9. The molecule has 0 radical (unpaired) electrons. The number of halogens is 2. The zero-order chi connectivity index (χ0) is 9.84. The monoisotopic (exact) mass is 245 g/mol. The van der Waals surface area contributed by atoms with Gasteiger partial charge in [-0.15, -0.1) is 0 Å². The molecular formula is C10H13BrFN. The summed E-state index contributed by atoms with van der Waals surface area (Å²) in [4.78, 5) is 0. The molecule has 0 aromatic heterocycles. The summed E-state index contributed by atoms with van der Waals surface area (Å²) in [7, 11) is 1.86. The molecule has 0 aliphatic carbocycles. The minimum absolute atomic E-state index is 0.0848. The van der Waals surface area contributed by atoms with Crippen molar-refractivity contribution >= 4 is 15.9 Å². The van der Waals surface area contributed by atoms with Crippen molar-refractivity contribution in [1.29, 1.82) is 0 Å². The van der Waals surface area contributed by atoms with Crippen LogP contribution in [0.1, 0.15) is 11.1 Å². The lowest BCUT2D eigenvalue weighted by molar-refractivity contribution is 0.596. The van der Waals surface area contributed by atoms with Gasteiger partial charge in [-0.1, -0.05) is 15.9 Å². The highest BCUT2D eigenvalue weighted by Gasteiger charge is 2.05. The fraction of sp³-hybridized carbons (Fsp3) is 0.400. The average molecular weight is 246 g/mol. The van der Waals surface area contributed by atoms with Crippen molar-refractivity contribution in [3.05, 3.63) is 33.5 Å². The second-order valence-corrected chi connectivity index (χ2v) is 3.97. The van der Waals surface area contributed by atoms with Crippen LogP contribution in [0.25, 0.3) is 0 Å². The van der Waals surface area contributed by atoms with Gasteiger partial charge in [0.2, 0.25) is 0 Å². The maximum Gasteiger partial charge on any atom is 0.129 e. The van der Waals surface area contributed by atoms with Crippen molar-refractivity contribution in [2.45, 2.75) is 13.3 Å².